The number of benzene rings is 15. The maximum Gasteiger partial charge on any atom is 0.0517 e. The van der Waals surface area contributed by atoms with Crippen LogP contribution in [0.2, 0.25) is 0 Å². The number of nitrogens with zero attached hydrogens (tertiary/aromatic N) is 4. The third kappa shape index (κ3) is 12.0. The van der Waals surface area contributed by atoms with Gasteiger partial charge in [0.2, 0.25) is 0 Å². The summed E-state index contributed by atoms with van der Waals surface area (Å²) in [7, 11) is 0. The molecule has 0 N–H and O–H groups in total. The van der Waals surface area contributed by atoms with Crippen LogP contribution in [0, 0.1) is 0 Å². The summed E-state index contributed by atoms with van der Waals surface area (Å²) >= 11 is 0. The van der Waals surface area contributed by atoms with Crippen LogP contribution in [0.4, 0.5) is 45.5 Å². The quantitative estimate of drug-likeness (QED) is 0.135. The first-order chi connectivity index (χ1) is 65.9. The van der Waals surface area contributed by atoms with E-state index in [0.717, 1.165) is 51.4 Å². The Hall–Kier alpha value is -12.0. The van der Waals surface area contributed by atoms with Crippen LogP contribution < -0.4 is 19.6 Å². The lowest BCUT2D eigenvalue weighted by atomic mass is 9.61. The lowest BCUT2D eigenvalue weighted by Crippen LogP contribution is -2.54. The van der Waals surface area contributed by atoms with Crippen molar-refractivity contribution in [3.05, 3.63) is 324 Å². The minimum absolute atomic E-state index is 0.0483. The normalized spacial score (nSPS) is 24.7. The van der Waals surface area contributed by atoms with Gasteiger partial charge >= 0.3 is 0 Å². The van der Waals surface area contributed by atoms with Crippen molar-refractivity contribution in [2.45, 2.75) is 307 Å². The molecule has 0 bridgehead atoms. The SMILES string of the molecule is CC(C)(C)c1ccc(N2c3ccc(-c4ccc5c6c(-c7ccccc7)c7c8ccc(-c9ccc%10c(c9)C9(C)CCCCC9(C)N%10c9ccc(C(C)(C)C)cc9)c9c(-c%10ccc%11c(c%10)C%10(C)CCCCC%10(C)N%11c%10ccc(C(C)(C)C)cc%10)ccc(c7c(-c7ccccc7)c6c6ccc(-c7ccc%10c(c7)C7(C)CCCCC7(C)N%10c7ccc(C(C)(C)C)cc7)c4c56)c98)cc3C3(C)CCCCC23C)cc1. The van der Waals surface area contributed by atoms with Gasteiger partial charge in [-0.2, -0.15) is 0 Å². The Balaban J connectivity index is 0.775. The molecular weight excluding hydrogens is 1670 g/mol. The summed E-state index contributed by atoms with van der Waals surface area (Å²) in [6, 6.07) is 114. The first kappa shape index (κ1) is 87.5. The largest absolute Gasteiger partial charge is 0.334 e. The van der Waals surface area contributed by atoms with E-state index in [4.69, 9.17) is 0 Å². The van der Waals surface area contributed by atoms with Gasteiger partial charge in [0.05, 0.1) is 22.2 Å². The van der Waals surface area contributed by atoms with Gasteiger partial charge in [0.1, 0.15) is 0 Å². The Labute approximate surface area is 821 Å². The van der Waals surface area contributed by atoms with Crippen molar-refractivity contribution in [1.82, 2.24) is 0 Å². The molecule has 0 saturated heterocycles. The lowest BCUT2D eigenvalue weighted by Gasteiger charge is -2.50. The zero-order valence-corrected chi connectivity index (χ0v) is 85.7. The number of fused-ring (bicyclic) bond motifs is 18. The van der Waals surface area contributed by atoms with Crippen molar-refractivity contribution in [2.75, 3.05) is 19.6 Å². The van der Waals surface area contributed by atoms with Gasteiger partial charge in [-0.25, -0.2) is 0 Å². The third-order valence-corrected chi connectivity index (χ3v) is 38.7. The molecule has 4 heteroatoms. The van der Waals surface area contributed by atoms with Crippen LogP contribution in [-0.4, -0.2) is 22.2 Å². The molecule has 8 unspecified atom stereocenters. The van der Waals surface area contributed by atoms with E-state index < -0.39 is 0 Å². The third-order valence-electron chi connectivity index (χ3n) is 38.7. The van der Waals surface area contributed by atoms with Gasteiger partial charge in [-0.15, -0.1) is 0 Å². The van der Waals surface area contributed by atoms with Gasteiger partial charge in [-0.1, -0.05) is 344 Å². The average Bonchev–Trinajstić information content (AvgIpc) is 1.50. The first-order valence-electron chi connectivity index (χ1n) is 52.7. The maximum atomic E-state index is 2.79. The maximum absolute atomic E-state index is 2.79. The fourth-order valence-corrected chi connectivity index (χ4v) is 30.1. The van der Waals surface area contributed by atoms with Crippen LogP contribution in [0.15, 0.2) is 279 Å². The number of hydrogen-bond acceptors (Lipinski definition) is 4. The zero-order valence-electron chi connectivity index (χ0n) is 85.7. The lowest BCUT2D eigenvalue weighted by molar-refractivity contribution is 0.195. The molecule has 0 spiro atoms. The van der Waals surface area contributed by atoms with Crippen LogP contribution in [0.1, 0.15) is 286 Å². The van der Waals surface area contributed by atoms with Crippen LogP contribution in [0.5, 0.6) is 0 Å². The Bertz CT molecular complexity index is 6980. The fourth-order valence-electron chi connectivity index (χ4n) is 30.1. The van der Waals surface area contributed by atoms with E-state index in [2.05, 4.69) is 437 Å². The number of anilines is 8. The monoisotopic (exact) mass is 1800 g/mol. The molecule has 0 radical (unpaired) electrons. The average molecular weight is 1800 g/mol. The second kappa shape index (κ2) is 29.8. The van der Waals surface area contributed by atoms with Crippen molar-refractivity contribution in [3.8, 4) is 66.8 Å². The van der Waals surface area contributed by atoms with E-state index in [1.807, 2.05) is 0 Å². The summed E-state index contributed by atoms with van der Waals surface area (Å²) in [4.78, 5) is 11.1. The molecule has 0 aromatic heterocycles. The van der Waals surface area contributed by atoms with Crippen LogP contribution in [-0.2, 0) is 43.3 Å². The van der Waals surface area contributed by atoms with E-state index in [-0.39, 0.29) is 65.5 Å². The highest BCUT2D eigenvalue weighted by molar-refractivity contribution is 6.48. The molecule has 0 amide bonds. The summed E-state index contributed by atoms with van der Waals surface area (Å²) in [5.74, 6) is 0. The van der Waals surface area contributed by atoms with E-state index >= 15 is 0 Å². The van der Waals surface area contributed by atoms with E-state index in [1.165, 1.54) is 273 Å². The van der Waals surface area contributed by atoms with Gasteiger partial charge in [0.15, 0.2) is 0 Å². The molecule has 138 heavy (non-hydrogen) atoms. The summed E-state index contributed by atoms with van der Waals surface area (Å²) in [6.45, 7) is 49.1. The highest BCUT2D eigenvalue weighted by Crippen LogP contribution is 2.69. The fraction of sp³-hybridized carbons (Fsp3) is 0.358. The molecule has 8 atom stereocenters. The minimum atomic E-state index is -0.130. The van der Waals surface area contributed by atoms with Crippen LogP contribution in [0.25, 0.3) is 131 Å². The highest BCUT2D eigenvalue weighted by atomic mass is 15.3. The van der Waals surface area contributed by atoms with Gasteiger partial charge in [0, 0.05) is 67.2 Å². The number of hydrogen-bond donors (Lipinski definition) is 0. The molecule has 17 aromatic carbocycles. The molecular formula is C134H138N4. The molecule has 25 rings (SSSR count). The Morgan fingerprint density at radius 3 is 0.616 bits per heavy atom. The standard InChI is InChI=1S/C134H138N4/c1-123(2,3)89-43-51-93(52-44-89)135-109-67-39-85(79-105(109)127(13)71-27-31-75-131(127,135)17)97-59-63-101-117-102(64-60-98(115(97)117)86-40-68-110-106(80-86)128(14)72-28-32-76-132(128,18)136(110)94-53-45-90(46-54-94)124(4,5)6)120-114(84-37-25-22-26-38-84)122-104-66-62-100(88-42-70-112-108(82-88)130(16)74-30-34-78-134(130,20)138(112)96-57-49-92(50-58-96)126(10,11)12)116-99(61-65-103(118(104)116)121(122)113(119(101)120)83-35-23-21-24-36-83)87-41-69-111-107(81-87)129(15)73-29-33-77-133(129,19)137(111)95-55-47-91(48-56-95)125(7,8)9/h21-26,35-70,79-82H,27-34,71-78H2,1-20H3. The molecule has 4 heterocycles. The van der Waals surface area contributed by atoms with E-state index in [9.17, 15) is 0 Å². The van der Waals surface area contributed by atoms with E-state index in [1.54, 1.807) is 0 Å². The Kier molecular flexibility index (Phi) is 18.9. The van der Waals surface area contributed by atoms with Crippen molar-refractivity contribution < 1.29 is 0 Å². The van der Waals surface area contributed by atoms with Crippen molar-refractivity contribution in [3.63, 3.8) is 0 Å². The second-order valence-electron chi connectivity index (χ2n) is 49.8. The van der Waals surface area contributed by atoms with Gasteiger partial charge < -0.3 is 19.6 Å². The smallest absolute Gasteiger partial charge is 0.0517 e. The Morgan fingerprint density at radius 2 is 0.406 bits per heavy atom. The number of rotatable bonds is 10. The highest BCUT2D eigenvalue weighted by Gasteiger charge is 2.62. The second-order valence-corrected chi connectivity index (χ2v) is 49.8. The molecule has 4 aliphatic carbocycles. The van der Waals surface area contributed by atoms with Gasteiger partial charge in [-0.05, 0) is 374 Å². The van der Waals surface area contributed by atoms with Gasteiger partial charge in [-0.3, -0.25) is 0 Å². The molecule has 17 aromatic rings. The molecule has 4 aliphatic heterocycles. The topological polar surface area (TPSA) is 13.0 Å². The van der Waals surface area contributed by atoms with Crippen molar-refractivity contribution in [2.24, 2.45) is 0 Å². The molecule has 694 valence electrons. The molecule has 4 fully saturated rings. The van der Waals surface area contributed by atoms with E-state index in [0.29, 0.717) is 0 Å². The molecule has 8 aliphatic rings. The minimum Gasteiger partial charge on any atom is -0.334 e. The molecule has 4 saturated carbocycles. The molecule has 4 nitrogen and oxygen atoms in total. The summed E-state index contributed by atoms with van der Waals surface area (Å²) < 4.78 is 0. The Morgan fingerprint density at radius 1 is 0.196 bits per heavy atom. The zero-order chi connectivity index (χ0) is 95.2. The van der Waals surface area contributed by atoms with Crippen molar-refractivity contribution in [1.29, 1.82) is 0 Å². The first-order valence-corrected chi connectivity index (χ1v) is 52.7. The van der Waals surface area contributed by atoms with Crippen LogP contribution in [0.3, 0.4) is 0 Å². The predicted octanol–water partition coefficient (Wildman–Crippen LogP) is 37.6. The predicted molar refractivity (Wildman–Crippen MR) is 592 cm³/mol. The van der Waals surface area contributed by atoms with Crippen molar-refractivity contribution >= 4 is 110 Å². The summed E-state index contributed by atoms with van der Waals surface area (Å²) in [6.07, 6.45) is 18.8. The summed E-state index contributed by atoms with van der Waals surface area (Å²) in [5.41, 5.74) is 36.6. The van der Waals surface area contributed by atoms with Crippen LogP contribution >= 0.6 is 0 Å². The van der Waals surface area contributed by atoms with Gasteiger partial charge in [0.25, 0.3) is 0 Å². The summed E-state index contributed by atoms with van der Waals surface area (Å²) in [5, 5.41) is 15.9.